The fraction of sp³-hybridized carbons (Fsp3) is 0.471. The van der Waals surface area contributed by atoms with Crippen LogP contribution >= 0.6 is 0 Å². The van der Waals surface area contributed by atoms with Crippen molar-refractivity contribution < 1.29 is 36.7 Å². The van der Waals surface area contributed by atoms with E-state index in [0.717, 1.165) is 63.9 Å². The highest BCUT2D eigenvalue weighted by Crippen LogP contribution is 2.30. The Labute approximate surface area is 281 Å². The minimum atomic E-state index is -3.33. The molecule has 3 aromatic rings. The first-order valence-corrected chi connectivity index (χ1v) is 16.5. The smallest absolute Gasteiger partial charge is 0.387 e. The number of aromatic amines is 1. The van der Waals surface area contributed by atoms with Crippen molar-refractivity contribution in [2.45, 2.75) is 45.6 Å². The molecule has 0 radical (unpaired) electrons. The maximum Gasteiger partial charge on any atom is 0.387 e. The molecule has 5 rings (SSSR count). The molecule has 5 N–H and O–H groups in total. The van der Waals surface area contributed by atoms with Crippen LogP contribution in [-0.2, 0) is 11.2 Å². The number of anilines is 1. The number of nitrogens with zero attached hydrogens (tertiary/aromatic N) is 2. The molecule has 1 unspecified atom stereocenters. The number of halogens is 4. The van der Waals surface area contributed by atoms with Gasteiger partial charge in [-0.25, -0.2) is 9.37 Å². The van der Waals surface area contributed by atoms with E-state index in [1.807, 2.05) is 6.92 Å². The molecular formula is C34H41F4N7O4. The lowest BCUT2D eigenvalue weighted by Gasteiger charge is -2.32. The number of carbonyl (C=O) groups is 3. The lowest BCUT2D eigenvalue weighted by Crippen LogP contribution is -2.42. The molecule has 3 amide bonds. The minimum absolute atomic E-state index is 0.0240. The van der Waals surface area contributed by atoms with Crippen LogP contribution in [0.2, 0.25) is 0 Å². The zero-order chi connectivity index (χ0) is 34.9. The van der Waals surface area contributed by atoms with Gasteiger partial charge in [0.2, 0.25) is 11.7 Å². The maximum atomic E-state index is 14.5. The Kier molecular flexibility index (Phi) is 12.2. The summed E-state index contributed by atoms with van der Waals surface area (Å²) in [5, 5.41) is 12.0. The first-order chi connectivity index (χ1) is 23.6. The number of alkyl halides is 2. The summed E-state index contributed by atoms with van der Waals surface area (Å²) >= 11 is 0. The van der Waals surface area contributed by atoms with Gasteiger partial charge in [0.1, 0.15) is 0 Å². The van der Waals surface area contributed by atoms with Crippen molar-refractivity contribution in [1.29, 1.82) is 0 Å². The minimum Gasteiger partial charge on any atom is -0.432 e. The molecule has 264 valence electrons. The molecule has 0 saturated carbocycles. The van der Waals surface area contributed by atoms with Gasteiger partial charge >= 0.3 is 6.61 Å². The zero-order valence-electron chi connectivity index (χ0n) is 27.2. The van der Waals surface area contributed by atoms with Crippen LogP contribution in [0.5, 0.6) is 5.75 Å². The highest BCUT2D eigenvalue weighted by Gasteiger charge is 2.27. The van der Waals surface area contributed by atoms with Gasteiger partial charge in [-0.05, 0) is 100 Å². The van der Waals surface area contributed by atoms with Gasteiger partial charge < -0.3 is 35.9 Å². The molecule has 0 aliphatic carbocycles. The van der Waals surface area contributed by atoms with Crippen LogP contribution in [0.15, 0.2) is 36.5 Å². The number of hydrogen-bond acceptors (Lipinski definition) is 7. The van der Waals surface area contributed by atoms with Gasteiger partial charge in [0, 0.05) is 42.4 Å². The average molecular weight is 688 g/mol. The van der Waals surface area contributed by atoms with Crippen LogP contribution < -0.4 is 26.0 Å². The third-order valence-electron chi connectivity index (χ3n) is 8.91. The van der Waals surface area contributed by atoms with Crippen LogP contribution in [-0.4, -0.2) is 85.0 Å². The Morgan fingerprint density at radius 3 is 2.51 bits per heavy atom. The van der Waals surface area contributed by atoms with Crippen molar-refractivity contribution in [2.75, 3.05) is 51.1 Å². The molecule has 1 atom stereocenters. The van der Waals surface area contributed by atoms with E-state index in [0.29, 0.717) is 48.7 Å². The van der Waals surface area contributed by atoms with Gasteiger partial charge in [-0.3, -0.25) is 14.4 Å². The molecular weight excluding hydrogens is 646 g/mol. The predicted octanol–water partition coefficient (Wildman–Crippen LogP) is 4.33. The molecule has 2 aliphatic rings. The van der Waals surface area contributed by atoms with Gasteiger partial charge in [-0.1, -0.05) is 6.92 Å². The zero-order valence-corrected chi connectivity index (χ0v) is 27.2. The standard InChI is InChI=1S/C34H41F4N7O4/c1-2-21-16-23(43-33(48)30-42-18-26(44-30)25-6-7-27(49-34(37)38)29(36)28(25)35)4-5-24(21)32(47)41-12-3-11-40-31(46)22-9-14-45(15-10-22)19-20-8-13-39-17-20/h4-7,16,18,20,22,34,39H,2-3,8-15,17,19H2,1H3,(H,40,46)(H,41,47)(H,42,44)(H,43,48). The van der Waals surface area contributed by atoms with Crippen LogP contribution in [0.25, 0.3) is 11.3 Å². The Morgan fingerprint density at radius 1 is 1.02 bits per heavy atom. The van der Waals surface area contributed by atoms with Crippen LogP contribution in [0.4, 0.5) is 23.2 Å². The molecule has 3 heterocycles. The van der Waals surface area contributed by atoms with Crippen molar-refractivity contribution >= 4 is 23.4 Å². The van der Waals surface area contributed by atoms with E-state index in [1.54, 1.807) is 18.2 Å². The average Bonchev–Trinajstić information content (AvgIpc) is 3.80. The van der Waals surface area contributed by atoms with E-state index in [1.165, 1.54) is 6.42 Å². The quantitative estimate of drug-likeness (QED) is 0.126. The maximum absolute atomic E-state index is 14.5. The van der Waals surface area contributed by atoms with Gasteiger partial charge in [0.05, 0.1) is 11.9 Å². The van der Waals surface area contributed by atoms with E-state index >= 15 is 0 Å². The number of aryl methyl sites for hydroxylation is 1. The summed E-state index contributed by atoms with van der Waals surface area (Å²) in [6.07, 6.45) is 5.13. The van der Waals surface area contributed by atoms with Crippen LogP contribution in [0.1, 0.15) is 59.1 Å². The topological polar surface area (TPSA) is 140 Å². The lowest BCUT2D eigenvalue weighted by atomic mass is 9.95. The Morgan fingerprint density at radius 2 is 1.80 bits per heavy atom. The largest absolute Gasteiger partial charge is 0.432 e. The number of carbonyl (C=O) groups excluding carboxylic acids is 3. The number of benzene rings is 2. The third-order valence-corrected chi connectivity index (χ3v) is 8.91. The van der Waals surface area contributed by atoms with Crippen molar-refractivity contribution in [2.24, 2.45) is 11.8 Å². The number of hydrogen-bond donors (Lipinski definition) is 5. The molecule has 15 heteroatoms. The fourth-order valence-electron chi connectivity index (χ4n) is 6.23. The second-order valence-corrected chi connectivity index (χ2v) is 12.3. The third kappa shape index (κ3) is 9.35. The van der Waals surface area contributed by atoms with Gasteiger partial charge in [0.15, 0.2) is 17.4 Å². The normalized spacial score (nSPS) is 16.9. The van der Waals surface area contributed by atoms with Crippen molar-refractivity contribution in [1.82, 2.24) is 30.8 Å². The Balaban J connectivity index is 1.06. The van der Waals surface area contributed by atoms with E-state index in [4.69, 9.17) is 0 Å². The summed E-state index contributed by atoms with van der Waals surface area (Å²) in [4.78, 5) is 47.4. The van der Waals surface area contributed by atoms with Crippen molar-refractivity contribution in [3.63, 3.8) is 0 Å². The number of nitrogens with one attached hydrogen (secondary N) is 5. The monoisotopic (exact) mass is 687 g/mol. The SMILES string of the molecule is CCc1cc(NC(=O)c2ncc(-c3ccc(OC(F)F)c(F)c3F)[nH]2)ccc1C(=O)NCCCNC(=O)C1CCN(CC2CCNC2)CC1. The molecule has 1 aromatic heterocycles. The molecule has 2 saturated heterocycles. The van der Waals surface area contributed by atoms with Gasteiger partial charge in [-0.2, -0.15) is 13.2 Å². The number of imidazole rings is 1. The lowest BCUT2D eigenvalue weighted by molar-refractivity contribution is -0.126. The number of ether oxygens (including phenoxy) is 1. The highest BCUT2D eigenvalue weighted by atomic mass is 19.3. The van der Waals surface area contributed by atoms with Crippen molar-refractivity contribution in [3.05, 3.63) is 65.1 Å². The molecule has 2 aliphatic heterocycles. The summed E-state index contributed by atoms with van der Waals surface area (Å²) < 4.78 is 57.5. The summed E-state index contributed by atoms with van der Waals surface area (Å²) in [5.74, 6) is -4.36. The van der Waals surface area contributed by atoms with E-state index in [-0.39, 0.29) is 34.8 Å². The summed E-state index contributed by atoms with van der Waals surface area (Å²) in [5.41, 5.74) is 1.12. The number of H-pyrrole nitrogens is 1. The molecule has 49 heavy (non-hydrogen) atoms. The number of aromatic nitrogens is 2. The fourth-order valence-corrected chi connectivity index (χ4v) is 6.23. The Hall–Kier alpha value is -4.50. The van der Waals surface area contributed by atoms with Crippen LogP contribution in [0, 0.1) is 23.5 Å². The molecule has 0 spiro atoms. The predicted molar refractivity (Wildman–Crippen MR) is 174 cm³/mol. The number of piperidine rings is 1. The first-order valence-electron chi connectivity index (χ1n) is 16.5. The van der Waals surface area contributed by atoms with E-state index in [9.17, 15) is 31.9 Å². The van der Waals surface area contributed by atoms with Gasteiger partial charge in [-0.15, -0.1) is 0 Å². The van der Waals surface area contributed by atoms with E-state index in [2.05, 4.69) is 40.9 Å². The Bertz CT molecular complexity index is 1620. The second kappa shape index (κ2) is 16.7. The number of likely N-dealkylation sites (tertiary alicyclic amines) is 1. The molecule has 0 bridgehead atoms. The summed E-state index contributed by atoms with van der Waals surface area (Å²) in [6.45, 7) is 4.55. The number of rotatable bonds is 14. The number of amides is 3. The van der Waals surface area contributed by atoms with E-state index < -0.39 is 29.9 Å². The highest BCUT2D eigenvalue weighted by molar-refractivity contribution is 6.03. The molecule has 11 nitrogen and oxygen atoms in total. The first kappa shape index (κ1) is 35.8. The van der Waals surface area contributed by atoms with Crippen LogP contribution in [0.3, 0.4) is 0 Å². The second-order valence-electron chi connectivity index (χ2n) is 12.3. The molecule has 2 aromatic carbocycles. The van der Waals surface area contributed by atoms with Crippen molar-refractivity contribution in [3.8, 4) is 17.0 Å². The summed E-state index contributed by atoms with van der Waals surface area (Å²) in [6, 6.07) is 6.68. The molecule has 2 fully saturated rings. The summed E-state index contributed by atoms with van der Waals surface area (Å²) in [7, 11) is 0. The van der Waals surface area contributed by atoms with Gasteiger partial charge in [0.25, 0.3) is 11.8 Å².